The lowest BCUT2D eigenvalue weighted by Gasteiger charge is -2.31. The van der Waals surface area contributed by atoms with E-state index in [-0.39, 0.29) is 23.6 Å². The summed E-state index contributed by atoms with van der Waals surface area (Å²) in [6, 6.07) is 12.4. The summed E-state index contributed by atoms with van der Waals surface area (Å²) in [5.41, 5.74) is 1.73. The fraction of sp³-hybridized carbons (Fsp3) is 0.286. The molecule has 0 radical (unpaired) electrons. The molecule has 1 aliphatic heterocycles. The number of hydrogen-bond donors (Lipinski definition) is 2. The molecule has 1 amide bonds. The smallest absolute Gasteiger partial charge is 0.244 e. The van der Waals surface area contributed by atoms with Crippen LogP contribution >= 0.6 is 0 Å². The number of quaternary nitrogens is 1. The zero-order chi connectivity index (χ0) is 19.1. The molecule has 0 saturated carbocycles. The number of carbonyl (C=O) groups is 1. The summed E-state index contributed by atoms with van der Waals surface area (Å²) in [6.07, 6.45) is 3.08. The molecule has 142 valence electrons. The van der Waals surface area contributed by atoms with E-state index in [9.17, 15) is 13.6 Å². The van der Waals surface area contributed by atoms with E-state index < -0.39 is 0 Å². The SMILES string of the molecule is O=C(/C=C/c1ccc(F)cc1)NC[C@H](c1ccc(F)cc1)[NH+]1CCOCC1. The highest BCUT2D eigenvalue weighted by molar-refractivity contribution is 5.91. The van der Waals surface area contributed by atoms with Crippen molar-refractivity contribution in [2.75, 3.05) is 32.8 Å². The lowest BCUT2D eigenvalue weighted by Crippen LogP contribution is -3.15. The minimum absolute atomic E-state index is 0.0256. The third-order valence-electron chi connectivity index (χ3n) is 4.68. The fourth-order valence-corrected chi connectivity index (χ4v) is 3.18. The van der Waals surface area contributed by atoms with Crippen LogP contribution in [0.15, 0.2) is 54.6 Å². The minimum Gasteiger partial charge on any atom is -0.370 e. The van der Waals surface area contributed by atoms with Gasteiger partial charge >= 0.3 is 0 Å². The molecule has 6 heteroatoms. The number of nitrogens with one attached hydrogen (secondary N) is 2. The number of halogens is 2. The number of amides is 1. The molecular formula is C21H23F2N2O2+. The molecule has 2 aromatic rings. The Morgan fingerprint density at radius 1 is 1.04 bits per heavy atom. The Morgan fingerprint density at radius 2 is 1.63 bits per heavy atom. The highest BCUT2D eigenvalue weighted by Crippen LogP contribution is 2.11. The molecule has 1 atom stereocenters. The predicted octanol–water partition coefficient (Wildman–Crippen LogP) is 1.75. The van der Waals surface area contributed by atoms with E-state index in [2.05, 4.69) is 5.32 Å². The second-order valence-corrected chi connectivity index (χ2v) is 6.50. The summed E-state index contributed by atoms with van der Waals surface area (Å²) in [5.74, 6) is -0.813. The van der Waals surface area contributed by atoms with Crippen LogP contribution in [0.25, 0.3) is 6.08 Å². The monoisotopic (exact) mass is 373 g/mol. The third-order valence-corrected chi connectivity index (χ3v) is 4.68. The van der Waals surface area contributed by atoms with Crippen molar-refractivity contribution in [3.63, 3.8) is 0 Å². The van der Waals surface area contributed by atoms with Crippen molar-refractivity contribution in [2.45, 2.75) is 6.04 Å². The number of benzene rings is 2. The summed E-state index contributed by atoms with van der Waals surface area (Å²) in [7, 11) is 0. The Balaban J connectivity index is 1.63. The Kier molecular flexibility index (Phi) is 6.68. The Bertz CT molecular complexity index is 770. The molecule has 1 heterocycles. The molecule has 4 nitrogen and oxygen atoms in total. The normalized spacial score (nSPS) is 16.4. The van der Waals surface area contributed by atoms with Crippen molar-refractivity contribution in [1.82, 2.24) is 5.32 Å². The molecule has 27 heavy (non-hydrogen) atoms. The van der Waals surface area contributed by atoms with Crippen LogP contribution in [0, 0.1) is 11.6 Å². The van der Waals surface area contributed by atoms with E-state index in [0.29, 0.717) is 19.8 Å². The average molecular weight is 373 g/mol. The quantitative estimate of drug-likeness (QED) is 0.758. The van der Waals surface area contributed by atoms with Gasteiger partial charge in [-0.2, -0.15) is 0 Å². The maximum atomic E-state index is 13.3. The van der Waals surface area contributed by atoms with Gasteiger partial charge in [0.25, 0.3) is 0 Å². The van der Waals surface area contributed by atoms with Crippen LogP contribution in [-0.4, -0.2) is 38.8 Å². The van der Waals surface area contributed by atoms with Gasteiger partial charge in [-0.15, -0.1) is 0 Å². The van der Waals surface area contributed by atoms with E-state index >= 15 is 0 Å². The van der Waals surface area contributed by atoms with Crippen LogP contribution in [0.1, 0.15) is 17.2 Å². The molecule has 0 aliphatic carbocycles. The summed E-state index contributed by atoms with van der Waals surface area (Å²) >= 11 is 0. The van der Waals surface area contributed by atoms with Crippen LogP contribution in [-0.2, 0) is 9.53 Å². The Morgan fingerprint density at radius 3 is 2.26 bits per heavy atom. The average Bonchev–Trinajstić information content (AvgIpc) is 2.70. The topological polar surface area (TPSA) is 42.8 Å². The molecule has 2 aromatic carbocycles. The molecule has 1 fully saturated rings. The third kappa shape index (κ3) is 5.70. The first-order valence-corrected chi connectivity index (χ1v) is 9.01. The van der Waals surface area contributed by atoms with Crippen LogP contribution < -0.4 is 10.2 Å². The van der Waals surface area contributed by atoms with E-state index in [0.717, 1.165) is 24.2 Å². The van der Waals surface area contributed by atoms with Crippen molar-refractivity contribution in [3.8, 4) is 0 Å². The largest absolute Gasteiger partial charge is 0.370 e. The zero-order valence-electron chi connectivity index (χ0n) is 15.0. The molecule has 0 unspecified atom stereocenters. The van der Waals surface area contributed by atoms with Crippen molar-refractivity contribution < 1.29 is 23.2 Å². The maximum Gasteiger partial charge on any atom is 0.244 e. The van der Waals surface area contributed by atoms with E-state index in [1.54, 1.807) is 30.3 Å². The highest BCUT2D eigenvalue weighted by Gasteiger charge is 2.26. The van der Waals surface area contributed by atoms with Crippen LogP contribution in [0.4, 0.5) is 8.78 Å². The standard InChI is InChI=1S/C21H22F2N2O2/c22-18-6-1-16(2-7-18)3-10-21(26)24-15-20(25-11-13-27-14-12-25)17-4-8-19(23)9-5-17/h1-10,20H,11-15H2,(H,24,26)/p+1/b10-3+/t20-/m1/s1. The second kappa shape index (κ2) is 9.39. The Hall–Kier alpha value is -2.57. The lowest BCUT2D eigenvalue weighted by molar-refractivity contribution is -0.937. The highest BCUT2D eigenvalue weighted by atomic mass is 19.1. The van der Waals surface area contributed by atoms with Gasteiger partial charge < -0.3 is 15.0 Å². The molecular weight excluding hydrogens is 350 g/mol. The van der Waals surface area contributed by atoms with Crippen molar-refractivity contribution in [1.29, 1.82) is 0 Å². The molecule has 1 aliphatic rings. The minimum atomic E-state index is -0.313. The number of morpholine rings is 1. The molecule has 0 spiro atoms. The molecule has 3 rings (SSSR count). The first kappa shape index (κ1) is 19.2. The second-order valence-electron chi connectivity index (χ2n) is 6.50. The summed E-state index contributed by atoms with van der Waals surface area (Å²) in [5, 5.41) is 2.92. The zero-order valence-corrected chi connectivity index (χ0v) is 15.0. The first-order chi connectivity index (χ1) is 13.1. The van der Waals surface area contributed by atoms with Crippen LogP contribution in [0.5, 0.6) is 0 Å². The van der Waals surface area contributed by atoms with Crippen molar-refractivity contribution >= 4 is 12.0 Å². The molecule has 1 saturated heterocycles. The predicted molar refractivity (Wildman–Crippen MR) is 99.1 cm³/mol. The van der Waals surface area contributed by atoms with Gasteiger partial charge in [0.1, 0.15) is 30.8 Å². The summed E-state index contributed by atoms with van der Waals surface area (Å²) < 4.78 is 31.6. The Labute approximate surface area is 157 Å². The van der Waals surface area contributed by atoms with E-state index in [4.69, 9.17) is 4.74 Å². The summed E-state index contributed by atoms with van der Waals surface area (Å²) in [6.45, 7) is 3.46. The fourth-order valence-electron chi connectivity index (χ4n) is 3.18. The van der Waals surface area contributed by atoms with Gasteiger partial charge in [-0.25, -0.2) is 8.78 Å². The van der Waals surface area contributed by atoms with Crippen molar-refractivity contribution in [2.24, 2.45) is 0 Å². The lowest BCUT2D eigenvalue weighted by atomic mass is 10.0. The number of carbonyl (C=O) groups excluding carboxylic acids is 1. The van der Waals surface area contributed by atoms with Gasteiger partial charge in [0, 0.05) is 11.6 Å². The van der Waals surface area contributed by atoms with Gasteiger partial charge in [0.15, 0.2) is 0 Å². The first-order valence-electron chi connectivity index (χ1n) is 9.01. The number of ether oxygens (including phenoxy) is 1. The van der Waals surface area contributed by atoms with Crippen LogP contribution in [0.3, 0.4) is 0 Å². The van der Waals surface area contributed by atoms with Crippen LogP contribution in [0.2, 0.25) is 0 Å². The van der Waals surface area contributed by atoms with Gasteiger partial charge in [0.2, 0.25) is 5.91 Å². The van der Waals surface area contributed by atoms with Gasteiger partial charge in [-0.1, -0.05) is 24.3 Å². The molecule has 2 N–H and O–H groups in total. The maximum absolute atomic E-state index is 13.3. The van der Waals surface area contributed by atoms with Gasteiger partial charge in [-0.3, -0.25) is 4.79 Å². The molecule has 0 aromatic heterocycles. The summed E-state index contributed by atoms with van der Waals surface area (Å²) in [4.78, 5) is 13.5. The van der Waals surface area contributed by atoms with Gasteiger partial charge in [-0.05, 0) is 35.9 Å². The number of rotatable bonds is 6. The van der Waals surface area contributed by atoms with Gasteiger partial charge in [0.05, 0.1) is 19.8 Å². The van der Waals surface area contributed by atoms with E-state index in [1.165, 1.54) is 35.2 Å². The van der Waals surface area contributed by atoms with Crippen molar-refractivity contribution in [3.05, 3.63) is 77.4 Å². The molecule has 0 bridgehead atoms. The number of hydrogen-bond acceptors (Lipinski definition) is 2. The van der Waals surface area contributed by atoms with E-state index in [1.807, 2.05) is 0 Å².